The zero-order valence-corrected chi connectivity index (χ0v) is 9.42. The van der Waals surface area contributed by atoms with Crippen LogP contribution in [0.4, 0.5) is 0 Å². The summed E-state index contributed by atoms with van der Waals surface area (Å²) in [5.41, 5.74) is 8.46. The standard InChI is InChI=1S/C13H16N2O/c1-2-3-11-8-10-5-4-9(7-13(14)16)6-12(10)15-11/h4-6,8,15H,2-3,7H2,1H3,(H2,14,16). The lowest BCUT2D eigenvalue weighted by Crippen LogP contribution is -2.13. The summed E-state index contributed by atoms with van der Waals surface area (Å²) in [6.45, 7) is 2.16. The number of amides is 1. The Labute approximate surface area is 94.6 Å². The fourth-order valence-corrected chi connectivity index (χ4v) is 1.95. The second-order valence-corrected chi connectivity index (χ2v) is 4.11. The van der Waals surface area contributed by atoms with Gasteiger partial charge in [0.1, 0.15) is 0 Å². The summed E-state index contributed by atoms with van der Waals surface area (Å²) in [4.78, 5) is 14.2. The van der Waals surface area contributed by atoms with E-state index in [-0.39, 0.29) is 5.91 Å². The lowest BCUT2D eigenvalue weighted by atomic mass is 10.1. The van der Waals surface area contributed by atoms with Crippen molar-refractivity contribution in [3.63, 3.8) is 0 Å². The highest BCUT2D eigenvalue weighted by atomic mass is 16.1. The van der Waals surface area contributed by atoms with Gasteiger partial charge in [-0.15, -0.1) is 0 Å². The molecule has 0 radical (unpaired) electrons. The van der Waals surface area contributed by atoms with Crippen LogP contribution in [0.25, 0.3) is 10.9 Å². The quantitative estimate of drug-likeness (QED) is 0.808. The second-order valence-electron chi connectivity index (χ2n) is 4.11. The van der Waals surface area contributed by atoms with E-state index >= 15 is 0 Å². The smallest absolute Gasteiger partial charge is 0.221 e. The van der Waals surface area contributed by atoms with E-state index in [4.69, 9.17) is 5.73 Å². The van der Waals surface area contributed by atoms with Crippen LogP contribution in [0.5, 0.6) is 0 Å². The van der Waals surface area contributed by atoms with Crippen molar-refractivity contribution < 1.29 is 4.79 Å². The molecule has 0 saturated carbocycles. The molecule has 1 heterocycles. The van der Waals surface area contributed by atoms with Crippen LogP contribution in [0, 0.1) is 0 Å². The molecule has 0 aliphatic rings. The molecule has 1 aromatic carbocycles. The third-order valence-corrected chi connectivity index (χ3v) is 2.64. The van der Waals surface area contributed by atoms with Gasteiger partial charge in [-0.2, -0.15) is 0 Å². The molecule has 0 aliphatic carbocycles. The normalized spacial score (nSPS) is 10.8. The number of nitrogens with one attached hydrogen (secondary N) is 1. The summed E-state index contributed by atoms with van der Waals surface area (Å²) in [7, 11) is 0. The molecular weight excluding hydrogens is 200 g/mol. The average molecular weight is 216 g/mol. The fraction of sp³-hybridized carbons (Fsp3) is 0.308. The monoisotopic (exact) mass is 216 g/mol. The van der Waals surface area contributed by atoms with E-state index in [2.05, 4.69) is 18.0 Å². The van der Waals surface area contributed by atoms with Crippen LogP contribution in [0.15, 0.2) is 24.3 Å². The van der Waals surface area contributed by atoms with Crippen molar-refractivity contribution in [1.29, 1.82) is 0 Å². The number of carbonyl (C=O) groups excluding carboxylic acids is 1. The number of nitrogens with two attached hydrogens (primary N) is 1. The van der Waals surface area contributed by atoms with Crippen LogP contribution in [0.2, 0.25) is 0 Å². The Morgan fingerprint density at radius 2 is 2.19 bits per heavy atom. The van der Waals surface area contributed by atoms with Crippen molar-refractivity contribution in [2.45, 2.75) is 26.2 Å². The van der Waals surface area contributed by atoms with Gasteiger partial charge in [-0.1, -0.05) is 25.5 Å². The molecule has 3 heteroatoms. The van der Waals surface area contributed by atoms with Crippen LogP contribution in [-0.4, -0.2) is 10.9 Å². The number of rotatable bonds is 4. The number of hydrogen-bond donors (Lipinski definition) is 2. The van der Waals surface area contributed by atoms with Gasteiger partial charge >= 0.3 is 0 Å². The zero-order chi connectivity index (χ0) is 11.5. The molecule has 0 aliphatic heterocycles. The first kappa shape index (κ1) is 10.7. The maximum Gasteiger partial charge on any atom is 0.221 e. The van der Waals surface area contributed by atoms with Crippen molar-refractivity contribution in [2.24, 2.45) is 5.73 Å². The van der Waals surface area contributed by atoms with Crippen LogP contribution in [-0.2, 0) is 17.6 Å². The summed E-state index contributed by atoms with van der Waals surface area (Å²) < 4.78 is 0. The minimum Gasteiger partial charge on any atom is -0.369 e. The lowest BCUT2D eigenvalue weighted by molar-refractivity contribution is -0.117. The molecule has 16 heavy (non-hydrogen) atoms. The molecule has 0 fully saturated rings. The summed E-state index contributed by atoms with van der Waals surface area (Å²) >= 11 is 0. The van der Waals surface area contributed by atoms with Crippen molar-refractivity contribution >= 4 is 16.8 Å². The van der Waals surface area contributed by atoms with Gasteiger partial charge in [0.25, 0.3) is 0 Å². The summed E-state index contributed by atoms with van der Waals surface area (Å²) in [6, 6.07) is 8.14. The number of benzene rings is 1. The summed E-state index contributed by atoms with van der Waals surface area (Å²) in [5, 5.41) is 1.19. The number of H-pyrrole nitrogens is 1. The van der Waals surface area contributed by atoms with Gasteiger partial charge in [-0.25, -0.2) is 0 Å². The molecule has 0 bridgehead atoms. The number of carbonyl (C=O) groups is 1. The Morgan fingerprint density at radius 1 is 1.38 bits per heavy atom. The third-order valence-electron chi connectivity index (χ3n) is 2.64. The molecular formula is C13H16N2O. The van der Waals surface area contributed by atoms with Crippen LogP contribution < -0.4 is 5.73 Å². The van der Waals surface area contributed by atoms with Crippen molar-refractivity contribution in [3.8, 4) is 0 Å². The van der Waals surface area contributed by atoms with Gasteiger partial charge in [0.05, 0.1) is 6.42 Å². The number of aromatic nitrogens is 1. The van der Waals surface area contributed by atoms with E-state index in [1.54, 1.807) is 0 Å². The zero-order valence-electron chi connectivity index (χ0n) is 9.42. The van der Waals surface area contributed by atoms with E-state index in [1.807, 2.05) is 18.2 Å². The molecule has 1 aromatic heterocycles. The molecule has 2 rings (SSSR count). The minimum absolute atomic E-state index is 0.292. The van der Waals surface area contributed by atoms with Gasteiger partial charge in [0.15, 0.2) is 0 Å². The first-order valence-electron chi connectivity index (χ1n) is 5.58. The molecule has 0 unspecified atom stereocenters. The van der Waals surface area contributed by atoms with E-state index in [1.165, 1.54) is 11.1 Å². The summed E-state index contributed by atoms with van der Waals surface area (Å²) in [6.07, 6.45) is 2.48. The highest BCUT2D eigenvalue weighted by Crippen LogP contribution is 2.18. The minimum atomic E-state index is -0.292. The number of fused-ring (bicyclic) bond motifs is 1. The van der Waals surface area contributed by atoms with Crippen molar-refractivity contribution in [1.82, 2.24) is 4.98 Å². The predicted octanol–water partition coefficient (Wildman–Crippen LogP) is 2.15. The molecule has 84 valence electrons. The maximum atomic E-state index is 10.8. The number of primary amides is 1. The predicted molar refractivity (Wildman–Crippen MR) is 65.2 cm³/mol. The Kier molecular flexibility index (Phi) is 2.95. The Bertz CT molecular complexity index is 514. The molecule has 0 atom stereocenters. The molecule has 3 nitrogen and oxygen atoms in total. The Balaban J connectivity index is 2.33. The molecule has 0 spiro atoms. The van der Waals surface area contributed by atoms with Crippen molar-refractivity contribution in [3.05, 3.63) is 35.5 Å². The Hall–Kier alpha value is -1.77. The van der Waals surface area contributed by atoms with E-state index in [9.17, 15) is 4.79 Å². The fourth-order valence-electron chi connectivity index (χ4n) is 1.95. The third kappa shape index (κ3) is 2.24. The van der Waals surface area contributed by atoms with Gasteiger partial charge in [0, 0.05) is 11.2 Å². The van der Waals surface area contributed by atoms with E-state index in [0.29, 0.717) is 6.42 Å². The topological polar surface area (TPSA) is 58.9 Å². The largest absolute Gasteiger partial charge is 0.369 e. The maximum absolute atomic E-state index is 10.8. The van der Waals surface area contributed by atoms with Gasteiger partial charge in [-0.3, -0.25) is 4.79 Å². The van der Waals surface area contributed by atoms with Crippen molar-refractivity contribution in [2.75, 3.05) is 0 Å². The highest BCUT2D eigenvalue weighted by Gasteiger charge is 2.03. The molecule has 0 saturated heterocycles. The summed E-state index contributed by atoms with van der Waals surface area (Å²) in [5.74, 6) is -0.292. The number of aryl methyl sites for hydroxylation is 1. The molecule has 2 aromatic rings. The van der Waals surface area contributed by atoms with Crippen LogP contribution in [0.3, 0.4) is 0 Å². The average Bonchev–Trinajstić information content (AvgIpc) is 2.59. The first-order chi connectivity index (χ1) is 7.69. The van der Waals surface area contributed by atoms with Crippen LogP contribution >= 0.6 is 0 Å². The van der Waals surface area contributed by atoms with Gasteiger partial charge in [0.2, 0.25) is 5.91 Å². The van der Waals surface area contributed by atoms with E-state index < -0.39 is 0 Å². The number of aromatic amines is 1. The van der Waals surface area contributed by atoms with Gasteiger partial charge in [-0.05, 0) is 29.5 Å². The second kappa shape index (κ2) is 4.39. The SMILES string of the molecule is CCCc1cc2ccc(CC(N)=O)cc2[nH]1. The number of hydrogen-bond acceptors (Lipinski definition) is 1. The van der Waals surface area contributed by atoms with E-state index in [0.717, 1.165) is 23.9 Å². The van der Waals surface area contributed by atoms with Crippen LogP contribution in [0.1, 0.15) is 24.6 Å². The lowest BCUT2D eigenvalue weighted by Gasteiger charge is -1.97. The molecule has 1 amide bonds. The van der Waals surface area contributed by atoms with Gasteiger partial charge < -0.3 is 10.7 Å². The first-order valence-corrected chi connectivity index (χ1v) is 5.58. The Morgan fingerprint density at radius 3 is 2.88 bits per heavy atom. The highest BCUT2D eigenvalue weighted by molar-refractivity contribution is 5.83. The molecule has 3 N–H and O–H groups in total.